The number of ketones is 1. The molecule has 0 saturated carbocycles. The van der Waals surface area contributed by atoms with E-state index in [1.165, 1.54) is 12.1 Å². The highest BCUT2D eigenvalue weighted by atomic mass is 19.1. The number of ether oxygens (including phenoxy) is 1. The maximum Gasteiger partial charge on any atom is 0.251 e. The van der Waals surface area contributed by atoms with Gasteiger partial charge in [0.15, 0.2) is 5.78 Å². The first-order valence-corrected chi connectivity index (χ1v) is 14.6. The molecule has 5 rings (SSSR count). The molecule has 4 aromatic carbocycles. The fourth-order valence-electron chi connectivity index (χ4n) is 5.23. The minimum atomic E-state index is -0.359. The third-order valence-electron chi connectivity index (χ3n) is 7.45. The molecule has 0 fully saturated rings. The summed E-state index contributed by atoms with van der Waals surface area (Å²) < 4.78 is 25.7. The molecule has 43 heavy (non-hydrogen) atoms. The number of carbonyl (C=O) groups excluding carboxylic acids is 2. The first-order chi connectivity index (χ1) is 20.9. The van der Waals surface area contributed by atoms with Crippen LogP contribution in [-0.4, -0.2) is 37.9 Å². The summed E-state index contributed by atoms with van der Waals surface area (Å²) in [5.74, 6) is 0.552. The molecule has 0 atom stereocenters. The zero-order chi connectivity index (χ0) is 30.3. The molecule has 1 amide bonds. The van der Waals surface area contributed by atoms with Crippen molar-refractivity contribution in [1.82, 2.24) is 5.32 Å². The second kappa shape index (κ2) is 13.4. The minimum absolute atomic E-state index is 0.0644. The van der Waals surface area contributed by atoms with Gasteiger partial charge in [0.05, 0.1) is 12.1 Å². The van der Waals surface area contributed by atoms with Gasteiger partial charge in [0.25, 0.3) is 5.91 Å². The molecule has 1 heterocycles. The van der Waals surface area contributed by atoms with Gasteiger partial charge in [-0.1, -0.05) is 37.3 Å². The van der Waals surface area contributed by atoms with Crippen LogP contribution in [0.15, 0.2) is 95.4 Å². The van der Waals surface area contributed by atoms with E-state index < -0.39 is 0 Å². The fourth-order valence-corrected chi connectivity index (χ4v) is 5.23. The van der Waals surface area contributed by atoms with E-state index in [1.54, 1.807) is 18.2 Å². The third kappa shape index (κ3) is 6.46. The summed E-state index contributed by atoms with van der Waals surface area (Å²) in [6, 6.07) is 26.8. The topological polar surface area (TPSA) is 71.8 Å². The summed E-state index contributed by atoms with van der Waals surface area (Å²) in [5, 5.41) is 3.62. The van der Waals surface area contributed by atoms with E-state index in [9.17, 15) is 14.0 Å². The smallest absolute Gasteiger partial charge is 0.251 e. The minimum Gasteiger partial charge on any atom is -0.492 e. The summed E-state index contributed by atoms with van der Waals surface area (Å²) in [4.78, 5) is 28.6. The highest BCUT2D eigenvalue weighted by Gasteiger charge is 2.24. The maximum absolute atomic E-state index is 13.7. The molecule has 0 aliphatic heterocycles. The standard InChI is InChI=1S/C36H35FN2O4/c1-4-32(40)34-30-22-29(25-11-10-12-26(21-25)36(41)38-19-20-42-28-13-8-7-9-14-28)31(39(5-2)6-3)23-33(30)43-35(34)24-15-17-27(37)18-16-24/h7-18,21-23H,4-6,19-20H2,1-3H3,(H,38,41). The lowest BCUT2D eigenvalue weighted by Gasteiger charge is -2.24. The Morgan fingerprint density at radius 1 is 0.860 bits per heavy atom. The number of benzene rings is 4. The van der Waals surface area contributed by atoms with Crippen molar-refractivity contribution in [3.8, 4) is 28.2 Å². The van der Waals surface area contributed by atoms with Gasteiger partial charge in [0, 0.05) is 53.3 Å². The number of anilines is 1. The molecule has 220 valence electrons. The summed E-state index contributed by atoms with van der Waals surface area (Å²) in [6.45, 7) is 8.19. The molecular weight excluding hydrogens is 543 g/mol. The number of nitrogens with zero attached hydrogens (tertiary/aromatic N) is 1. The van der Waals surface area contributed by atoms with Gasteiger partial charge in [-0.25, -0.2) is 4.39 Å². The maximum atomic E-state index is 13.7. The van der Waals surface area contributed by atoms with Crippen molar-refractivity contribution in [3.63, 3.8) is 0 Å². The Kier molecular flexibility index (Phi) is 9.20. The molecule has 0 aliphatic carbocycles. The van der Waals surface area contributed by atoms with Gasteiger partial charge in [0.2, 0.25) is 0 Å². The molecule has 6 nitrogen and oxygen atoms in total. The van der Waals surface area contributed by atoms with Crippen LogP contribution >= 0.6 is 0 Å². The molecule has 0 saturated heterocycles. The Hall–Kier alpha value is -4.91. The van der Waals surface area contributed by atoms with Crippen molar-refractivity contribution in [2.75, 3.05) is 31.1 Å². The normalized spacial score (nSPS) is 11.0. The summed E-state index contributed by atoms with van der Waals surface area (Å²) in [6.07, 6.45) is 0.291. The first-order valence-electron chi connectivity index (χ1n) is 14.6. The van der Waals surface area contributed by atoms with Crippen LogP contribution in [-0.2, 0) is 0 Å². The molecule has 1 aromatic heterocycles. The van der Waals surface area contributed by atoms with E-state index in [0.717, 1.165) is 35.7 Å². The molecule has 0 unspecified atom stereocenters. The van der Waals surface area contributed by atoms with Crippen molar-refractivity contribution >= 4 is 28.3 Å². The van der Waals surface area contributed by atoms with E-state index in [-0.39, 0.29) is 17.5 Å². The van der Waals surface area contributed by atoms with Crippen molar-refractivity contribution in [2.24, 2.45) is 0 Å². The van der Waals surface area contributed by atoms with Gasteiger partial charge in [-0.2, -0.15) is 0 Å². The van der Waals surface area contributed by atoms with Crippen LogP contribution in [0, 0.1) is 5.82 Å². The van der Waals surface area contributed by atoms with Gasteiger partial charge in [0.1, 0.15) is 29.5 Å². The summed E-state index contributed by atoms with van der Waals surface area (Å²) in [7, 11) is 0. The largest absolute Gasteiger partial charge is 0.492 e. The van der Waals surface area contributed by atoms with Crippen molar-refractivity contribution in [1.29, 1.82) is 0 Å². The lowest BCUT2D eigenvalue weighted by molar-refractivity contribution is 0.0945. The van der Waals surface area contributed by atoms with Crippen LogP contribution in [0.1, 0.15) is 47.9 Å². The highest BCUT2D eigenvalue weighted by Crippen LogP contribution is 2.41. The zero-order valence-electron chi connectivity index (χ0n) is 24.7. The number of hydrogen-bond acceptors (Lipinski definition) is 5. The van der Waals surface area contributed by atoms with Gasteiger partial charge in [-0.15, -0.1) is 0 Å². The second-order valence-corrected chi connectivity index (χ2v) is 10.1. The number of nitrogens with one attached hydrogen (secondary N) is 1. The Labute approximate surface area is 251 Å². The monoisotopic (exact) mass is 578 g/mol. The lowest BCUT2D eigenvalue weighted by Crippen LogP contribution is -2.28. The molecule has 0 aliphatic rings. The van der Waals surface area contributed by atoms with Gasteiger partial charge in [-0.3, -0.25) is 9.59 Å². The quantitative estimate of drug-likeness (QED) is 0.119. The SMILES string of the molecule is CCC(=O)c1c(-c2ccc(F)cc2)oc2cc(N(CC)CC)c(-c3cccc(C(=O)NCCOc4ccccc4)c3)cc12. The molecule has 7 heteroatoms. The van der Waals surface area contributed by atoms with E-state index in [0.29, 0.717) is 53.0 Å². The lowest BCUT2D eigenvalue weighted by atomic mass is 9.95. The van der Waals surface area contributed by atoms with Gasteiger partial charge in [-0.05, 0) is 74.0 Å². The Balaban J connectivity index is 1.53. The van der Waals surface area contributed by atoms with Gasteiger partial charge < -0.3 is 19.4 Å². The number of carbonyl (C=O) groups is 2. The Morgan fingerprint density at radius 3 is 2.30 bits per heavy atom. The number of para-hydroxylation sites is 1. The predicted molar refractivity (Wildman–Crippen MR) is 169 cm³/mol. The first kappa shape index (κ1) is 29.6. The second-order valence-electron chi connectivity index (χ2n) is 10.1. The zero-order valence-corrected chi connectivity index (χ0v) is 24.7. The molecule has 5 aromatic rings. The molecule has 0 radical (unpaired) electrons. The molecule has 0 spiro atoms. The van der Waals surface area contributed by atoms with E-state index in [1.807, 2.05) is 67.6 Å². The summed E-state index contributed by atoms with van der Waals surface area (Å²) >= 11 is 0. The predicted octanol–water partition coefficient (Wildman–Crippen LogP) is 8.15. The van der Waals surface area contributed by atoms with Crippen molar-refractivity contribution in [3.05, 3.63) is 108 Å². The third-order valence-corrected chi connectivity index (χ3v) is 7.45. The Morgan fingerprint density at radius 2 is 1.60 bits per heavy atom. The highest BCUT2D eigenvalue weighted by molar-refractivity contribution is 6.13. The Bertz CT molecular complexity index is 1720. The molecule has 0 bridgehead atoms. The summed E-state index contributed by atoms with van der Waals surface area (Å²) in [5.41, 5.74) is 4.87. The average Bonchev–Trinajstić information content (AvgIpc) is 3.42. The van der Waals surface area contributed by atoms with Crippen LogP contribution in [0.4, 0.5) is 10.1 Å². The van der Waals surface area contributed by atoms with Crippen LogP contribution in [0.3, 0.4) is 0 Å². The molecular formula is C36H35FN2O4. The van der Waals surface area contributed by atoms with Crippen molar-refractivity contribution in [2.45, 2.75) is 27.2 Å². The van der Waals surface area contributed by atoms with Crippen LogP contribution in [0.2, 0.25) is 0 Å². The number of fused-ring (bicyclic) bond motifs is 1. The van der Waals surface area contributed by atoms with Crippen LogP contribution in [0.5, 0.6) is 5.75 Å². The average molecular weight is 579 g/mol. The molecule has 1 N–H and O–H groups in total. The number of amides is 1. The number of halogens is 1. The van der Waals surface area contributed by atoms with Crippen LogP contribution in [0.25, 0.3) is 33.4 Å². The van der Waals surface area contributed by atoms with Crippen LogP contribution < -0.4 is 15.0 Å². The number of furan rings is 1. The number of hydrogen-bond donors (Lipinski definition) is 1. The van der Waals surface area contributed by atoms with Crippen molar-refractivity contribution < 1.29 is 23.1 Å². The van der Waals surface area contributed by atoms with E-state index in [4.69, 9.17) is 9.15 Å². The number of rotatable bonds is 12. The van der Waals surface area contributed by atoms with E-state index in [2.05, 4.69) is 24.1 Å². The fraction of sp³-hybridized carbons (Fsp3) is 0.222. The number of Topliss-reactive ketones (excluding diaryl/α,β-unsaturated/α-hetero) is 1. The van der Waals surface area contributed by atoms with Gasteiger partial charge >= 0.3 is 0 Å². The van der Waals surface area contributed by atoms with E-state index >= 15 is 0 Å².